The molecule has 2 aliphatic heterocycles. The molecule has 2 fully saturated rings. The Bertz CT molecular complexity index is 812. The van der Waals surface area contributed by atoms with E-state index in [9.17, 15) is 20.3 Å². The molecule has 2 heterocycles. The SMILES string of the molecule is O=[N+]([O-])c1ccc(O[C@H]2O[C@H]3CO[C@@H](c4ccccc4)O[C@@H]3[C@@H](O)[C@@H]2O)cc1. The number of aliphatic hydroxyl groups is 2. The third kappa shape index (κ3) is 3.71. The highest BCUT2D eigenvalue weighted by Crippen LogP contribution is 2.34. The van der Waals surface area contributed by atoms with E-state index in [1.807, 2.05) is 30.3 Å². The second-order valence-corrected chi connectivity index (χ2v) is 6.57. The lowest BCUT2D eigenvalue weighted by atomic mass is 9.98. The molecule has 0 bridgehead atoms. The fourth-order valence-corrected chi connectivity index (χ4v) is 3.23. The van der Waals surface area contributed by atoms with Gasteiger partial charge in [0.2, 0.25) is 6.29 Å². The summed E-state index contributed by atoms with van der Waals surface area (Å²) in [4.78, 5) is 10.2. The van der Waals surface area contributed by atoms with E-state index in [1.54, 1.807) is 0 Å². The lowest BCUT2D eigenvalue weighted by Gasteiger charge is -2.46. The largest absolute Gasteiger partial charge is 0.462 e. The van der Waals surface area contributed by atoms with Crippen molar-refractivity contribution in [1.82, 2.24) is 0 Å². The lowest BCUT2D eigenvalue weighted by molar-refractivity contribution is -0.384. The van der Waals surface area contributed by atoms with Gasteiger partial charge in [0.05, 0.1) is 11.5 Å². The monoisotopic (exact) mass is 389 g/mol. The Hall–Kier alpha value is -2.56. The van der Waals surface area contributed by atoms with Crippen molar-refractivity contribution in [1.29, 1.82) is 0 Å². The van der Waals surface area contributed by atoms with Gasteiger partial charge in [-0.15, -0.1) is 0 Å². The van der Waals surface area contributed by atoms with Gasteiger partial charge in [0.15, 0.2) is 6.29 Å². The van der Waals surface area contributed by atoms with E-state index in [0.29, 0.717) is 0 Å². The molecule has 0 aromatic heterocycles. The highest BCUT2D eigenvalue weighted by molar-refractivity contribution is 5.36. The van der Waals surface area contributed by atoms with Crippen molar-refractivity contribution in [2.75, 3.05) is 6.61 Å². The van der Waals surface area contributed by atoms with Gasteiger partial charge in [-0.1, -0.05) is 30.3 Å². The van der Waals surface area contributed by atoms with Crippen LogP contribution in [-0.4, -0.2) is 52.4 Å². The molecular formula is C19H19NO8. The van der Waals surface area contributed by atoms with E-state index in [1.165, 1.54) is 24.3 Å². The molecular weight excluding hydrogens is 370 g/mol. The van der Waals surface area contributed by atoms with E-state index in [-0.39, 0.29) is 18.0 Å². The zero-order chi connectivity index (χ0) is 19.7. The topological polar surface area (TPSA) is 121 Å². The van der Waals surface area contributed by atoms with Gasteiger partial charge in [0.25, 0.3) is 5.69 Å². The number of nitrogens with zero attached hydrogens (tertiary/aromatic N) is 1. The van der Waals surface area contributed by atoms with Crippen molar-refractivity contribution in [2.45, 2.75) is 37.0 Å². The summed E-state index contributed by atoms with van der Waals surface area (Å²) in [5.74, 6) is 0.264. The van der Waals surface area contributed by atoms with Crippen LogP contribution in [0.5, 0.6) is 5.75 Å². The summed E-state index contributed by atoms with van der Waals surface area (Å²) in [6, 6.07) is 14.6. The summed E-state index contributed by atoms with van der Waals surface area (Å²) in [7, 11) is 0. The predicted molar refractivity (Wildman–Crippen MR) is 94.4 cm³/mol. The zero-order valence-electron chi connectivity index (χ0n) is 14.7. The van der Waals surface area contributed by atoms with E-state index in [4.69, 9.17) is 18.9 Å². The second kappa shape index (κ2) is 7.82. The van der Waals surface area contributed by atoms with Crippen molar-refractivity contribution in [3.63, 3.8) is 0 Å². The average molecular weight is 389 g/mol. The van der Waals surface area contributed by atoms with Crippen LogP contribution in [0.25, 0.3) is 0 Å². The highest BCUT2D eigenvalue weighted by Gasteiger charge is 2.49. The standard InChI is InChI=1S/C19H19NO8/c21-15-16(22)19(26-13-8-6-12(7-9-13)20(23)24)27-14-10-25-18(28-17(14)15)11-4-2-1-3-5-11/h1-9,14-19,21-22H,10H2/t14-,15-,16-,17-,18+,19-/m0/s1. The molecule has 28 heavy (non-hydrogen) atoms. The maximum Gasteiger partial charge on any atom is 0.269 e. The number of ether oxygens (including phenoxy) is 4. The number of aliphatic hydroxyl groups excluding tert-OH is 2. The summed E-state index contributed by atoms with van der Waals surface area (Å²) in [5, 5.41) is 31.7. The molecule has 9 heteroatoms. The Morgan fingerprint density at radius 1 is 1.00 bits per heavy atom. The molecule has 0 amide bonds. The normalized spacial score (nSPS) is 32.4. The summed E-state index contributed by atoms with van der Waals surface area (Å²) in [6.45, 7) is 0.147. The Labute approximate surface area is 160 Å². The van der Waals surface area contributed by atoms with Crippen LogP contribution in [0.3, 0.4) is 0 Å². The number of rotatable bonds is 4. The lowest BCUT2D eigenvalue weighted by Crippen LogP contribution is -2.62. The highest BCUT2D eigenvalue weighted by atomic mass is 16.8. The van der Waals surface area contributed by atoms with Crippen LogP contribution in [0.15, 0.2) is 54.6 Å². The molecule has 0 unspecified atom stereocenters. The first-order valence-corrected chi connectivity index (χ1v) is 8.77. The summed E-state index contributed by atoms with van der Waals surface area (Å²) in [5.41, 5.74) is 0.713. The molecule has 0 radical (unpaired) electrons. The second-order valence-electron chi connectivity index (χ2n) is 6.57. The van der Waals surface area contributed by atoms with Crippen LogP contribution in [0, 0.1) is 10.1 Å². The maximum atomic E-state index is 10.7. The van der Waals surface area contributed by atoms with E-state index in [0.717, 1.165) is 5.56 Å². The molecule has 6 atom stereocenters. The number of fused-ring (bicyclic) bond motifs is 1. The predicted octanol–water partition coefficient (Wildman–Crippen LogP) is 1.53. The van der Waals surface area contributed by atoms with Crippen molar-refractivity contribution >= 4 is 5.69 Å². The van der Waals surface area contributed by atoms with Crippen molar-refractivity contribution in [3.05, 3.63) is 70.3 Å². The molecule has 0 saturated carbocycles. The minimum absolute atomic E-state index is 0.0846. The minimum atomic E-state index is -1.37. The molecule has 2 saturated heterocycles. The first-order valence-electron chi connectivity index (χ1n) is 8.77. The van der Waals surface area contributed by atoms with Gasteiger partial charge in [-0.2, -0.15) is 0 Å². The van der Waals surface area contributed by atoms with Crippen LogP contribution in [0.4, 0.5) is 5.69 Å². The molecule has 2 aliphatic rings. The van der Waals surface area contributed by atoms with Gasteiger partial charge in [-0.25, -0.2) is 0 Å². The van der Waals surface area contributed by atoms with E-state index < -0.39 is 41.9 Å². The van der Waals surface area contributed by atoms with Gasteiger partial charge >= 0.3 is 0 Å². The number of nitro groups is 1. The fraction of sp³-hybridized carbons (Fsp3) is 0.368. The summed E-state index contributed by atoms with van der Waals surface area (Å²) in [6.07, 6.45) is -5.88. The van der Waals surface area contributed by atoms with Crippen LogP contribution in [0.1, 0.15) is 11.9 Å². The van der Waals surface area contributed by atoms with Crippen molar-refractivity contribution < 1.29 is 34.1 Å². The van der Waals surface area contributed by atoms with E-state index in [2.05, 4.69) is 0 Å². The van der Waals surface area contributed by atoms with Gasteiger partial charge < -0.3 is 29.2 Å². The van der Waals surface area contributed by atoms with Gasteiger partial charge in [0, 0.05) is 17.7 Å². The Morgan fingerprint density at radius 3 is 2.39 bits per heavy atom. The zero-order valence-corrected chi connectivity index (χ0v) is 14.7. The van der Waals surface area contributed by atoms with Crippen LogP contribution in [-0.2, 0) is 14.2 Å². The summed E-state index contributed by atoms with van der Waals surface area (Å²) >= 11 is 0. The van der Waals surface area contributed by atoms with Crippen LogP contribution < -0.4 is 4.74 Å². The molecule has 148 valence electrons. The molecule has 4 rings (SSSR count). The Balaban J connectivity index is 1.43. The number of non-ortho nitro benzene ring substituents is 1. The van der Waals surface area contributed by atoms with Gasteiger partial charge in [-0.05, 0) is 12.1 Å². The molecule has 0 spiro atoms. The number of hydrogen-bond donors (Lipinski definition) is 2. The average Bonchev–Trinajstić information content (AvgIpc) is 2.72. The third-order valence-electron chi connectivity index (χ3n) is 4.70. The number of hydrogen-bond acceptors (Lipinski definition) is 8. The minimum Gasteiger partial charge on any atom is -0.462 e. The quantitative estimate of drug-likeness (QED) is 0.597. The maximum absolute atomic E-state index is 10.7. The van der Waals surface area contributed by atoms with E-state index >= 15 is 0 Å². The summed E-state index contributed by atoms with van der Waals surface area (Å²) < 4.78 is 22.8. The van der Waals surface area contributed by atoms with Gasteiger partial charge in [0.1, 0.15) is 30.2 Å². The number of nitro benzene ring substituents is 1. The smallest absolute Gasteiger partial charge is 0.269 e. The molecule has 2 N–H and O–H groups in total. The fourth-order valence-electron chi connectivity index (χ4n) is 3.23. The third-order valence-corrected chi connectivity index (χ3v) is 4.70. The first-order chi connectivity index (χ1) is 13.5. The first kappa shape index (κ1) is 18.8. The van der Waals surface area contributed by atoms with Gasteiger partial charge in [-0.3, -0.25) is 10.1 Å². The Kier molecular flexibility index (Phi) is 5.25. The van der Waals surface area contributed by atoms with Crippen LogP contribution in [0.2, 0.25) is 0 Å². The van der Waals surface area contributed by atoms with Crippen molar-refractivity contribution in [3.8, 4) is 5.75 Å². The molecule has 0 aliphatic carbocycles. The number of benzene rings is 2. The Morgan fingerprint density at radius 2 is 1.71 bits per heavy atom. The van der Waals surface area contributed by atoms with Crippen molar-refractivity contribution in [2.24, 2.45) is 0 Å². The van der Waals surface area contributed by atoms with Crippen LogP contribution >= 0.6 is 0 Å². The molecule has 9 nitrogen and oxygen atoms in total. The molecule has 2 aromatic rings. The molecule has 2 aromatic carbocycles.